The Morgan fingerprint density at radius 1 is 1.29 bits per heavy atom. The summed E-state index contributed by atoms with van der Waals surface area (Å²) in [5.41, 5.74) is 0. The second-order valence-electron chi connectivity index (χ2n) is 4.50. The molecule has 0 aromatic heterocycles. The van der Waals surface area contributed by atoms with Gasteiger partial charge in [0.05, 0.1) is 26.2 Å². The Balaban J connectivity index is 1.67. The summed E-state index contributed by atoms with van der Waals surface area (Å²) in [4.78, 5) is 13.5. The maximum Gasteiger partial charge on any atom is 0.307 e. The molecule has 0 N–H and O–H groups in total. The minimum absolute atomic E-state index is 0.110. The van der Waals surface area contributed by atoms with Crippen LogP contribution in [0.5, 0.6) is 0 Å². The smallest absolute Gasteiger partial charge is 0.307 e. The van der Waals surface area contributed by atoms with E-state index in [-0.39, 0.29) is 11.8 Å². The summed E-state index contributed by atoms with van der Waals surface area (Å²) >= 11 is 0. The highest BCUT2D eigenvalue weighted by atomic mass is 16.7. The van der Waals surface area contributed by atoms with Crippen LogP contribution in [0, 0.1) is 0 Å². The summed E-state index contributed by atoms with van der Waals surface area (Å²) in [5, 5.41) is 0. The molecule has 17 heavy (non-hydrogen) atoms. The number of piperidine rings is 1. The van der Waals surface area contributed by atoms with Crippen molar-refractivity contribution in [3.05, 3.63) is 0 Å². The van der Waals surface area contributed by atoms with Crippen LogP contribution in [0.15, 0.2) is 0 Å². The SMILES string of the molecule is CCOC(=O)CCN1CCC2(CC1)OCCO2. The van der Waals surface area contributed by atoms with Crippen LogP contribution in [0.4, 0.5) is 0 Å². The quantitative estimate of drug-likeness (QED) is 0.683. The number of nitrogens with zero attached hydrogens (tertiary/aromatic N) is 1. The van der Waals surface area contributed by atoms with Crippen molar-refractivity contribution < 1.29 is 19.0 Å². The summed E-state index contributed by atoms with van der Waals surface area (Å²) < 4.78 is 16.2. The van der Waals surface area contributed by atoms with Crippen LogP contribution in [0.3, 0.4) is 0 Å². The van der Waals surface area contributed by atoms with Gasteiger partial charge in [-0.3, -0.25) is 4.79 Å². The van der Waals surface area contributed by atoms with Gasteiger partial charge in [-0.1, -0.05) is 0 Å². The van der Waals surface area contributed by atoms with Gasteiger partial charge in [0, 0.05) is 32.5 Å². The highest BCUT2D eigenvalue weighted by Crippen LogP contribution is 2.31. The van der Waals surface area contributed by atoms with Gasteiger partial charge in [-0.25, -0.2) is 0 Å². The Bertz CT molecular complexity index is 253. The lowest BCUT2D eigenvalue weighted by atomic mass is 10.0. The van der Waals surface area contributed by atoms with E-state index < -0.39 is 0 Å². The summed E-state index contributed by atoms with van der Waals surface area (Å²) in [5.74, 6) is -0.429. The van der Waals surface area contributed by atoms with E-state index in [0.29, 0.717) is 26.2 Å². The maximum absolute atomic E-state index is 11.2. The number of ether oxygens (including phenoxy) is 3. The Labute approximate surface area is 102 Å². The molecule has 0 atom stereocenters. The number of carbonyl (C=O) groups is 1. The summed E-state index contributed by atoms with van der Waals surface area (Å²) in [7, 11) is 0. The van der Waals surface area contributed by atoms with Gasteiger partial charge < -0.3 is 19.1 Å². The minimum Gasteiger partial charge on any atom is -0.466 e. The fraction of sp³-hybridized carbons (Fsp3) is 0.917. The minimum atomic E-state index is -0.319. The van der Waals surface area contributed by atoms with Crippen molar-refractivity contribution in [1.82, 2.24) is 4.90 Å². The lowest BCUT2D eigenvalue weighted by Gasteiger charge is -2.37. The second kappa shape index (κ2) is 5.80. The molecular weight excluding hydrogens is 222 g/mol. The van der Waals surface area contributed by atoms with Crippen molar-refractivity contribution in [3.63, 3.8) is 0 Å². The number of rotatable bonds is 4. The van der Waals surface area contributed by atoms with E-state index in [4.69, 9.17) is 14.2 Å². The molecule has 0 unspecified atom stereocenters. The van der Waals surface area contributed by atoms with Crippen LogP contribution in [-0.2, 0) is 19.0 Å². The molecule has 0 radical (unpaired) electrons. The molecule has 2 aliphatic rings. The molecule has 0 aromatic rings. The van der Waals surface area contributed by atoms with Crippen LogP contribution in [0.1, 0.15) is 26.2 Å². The van der Waals surface area contributed by atoms with Crippen molar-refractivity contribution in [3.8, 4) is 0 Å². The van der Waals surface area contributed by atoms with Crippen LogP contribution in [0.25, 0.3) is 0 Å². The third-order valence-corrected chi connectivity index (χ3v) is 3.37. The van der Waals surface area contributed by atoms with Gasteiger partial charge in [0.25, 0.3) is 0 Å². The highest BCUT2D eigenvalue weighted by Gasteiger charge is 2.39. The molecule has 0 aromatic carbocycles. The normalized spacial score (nSPS) is 24.1. The molecule has 0 saturated carbocycles. The fourth-order valence-corrected chi connectivity index (χ4v) is 2.39. The van der Waals surface area contributed by atoms with Crippen molar-refractivity contribution in [2.24, 2.45) is 0 Å². The van der Waals surface area contributed by atoms with E-state index >= 15 is 0 Å². The van der Waals surface area contributed by atoms with Gasteiger partial charge in [0.15, 0.2) is 5.79 Å². The van der Waals surface area contributed by atoms with Crippen LogP contribution in [0.2, 0.25) is 0 Å². The van der Waals surface area contributed by atoms with Crippen LogP contribution < -0.4 is 0 Å². The van der Waals surface area contributed by atoms with Crippen molar-refractivity contribution in [2.45, 2.75) is 32.0 Å². The van der Waals surface area contributed by atoms with Crippen LogP contribution >= 0.6 is 0 Å². The first-order valence-corrected chi connectivity index (χ1v) is 6.40. The zero-order valence-electron chi connectivity index (χ0n) is 10.4. The van der Waals surface area contributed by atoms with Gasteiger partial charge in [-0.05, 0) is 6.92 Å². The highest BCUT2D eigenvalue weighted by molar-refractivity contribution is 5.69. The molecule has 2 saturated heterocycles. The third kappa shape index (κ3) is 3.40. The fourth-order valence-electron chi connectivity index (χ4n) is 2.39. The first-order chi connectivity index (χ1) is 8.24. The number of esters is 1. The van der Waals surface area contributed by atoms with Gasteiger partial charge in [0.1, 0.15) is 0 Å². The Kier molecular flexibility index (Phi) is 4.36. The monoisotopic (exact) mass is 243 g/mol. The van der Waals surface area contributed by atoms with Gasteiger partial charge in [-0.15, -0.1) is 0 Å². The Hall–Kier alpha value is -0.650. The van der Waals surface area contributed by atoms with Crippen molar-refractivity contribution in [1.29, 1.82) is 0 Å². The number of likely N-dealkylation sites (tertiary alicyclic amines) is 1. The maximum atomic E-state index is 11.2. The molecule has 5 heteroatoms. The molecule has 2 aliphatic heterocycles. The second-order valence-corrected chi connectivity index (χ2v) is 4.50. The third-order valence-electron chi connectivity index (χ3n) is 3.37. The molecule has 0 aliphatic carbocycles. The van der Waals surface area contributed by atoms with E-state index in [1.54, 1.807) is 0 Å². The Morgan fingerprint density at radius 3 is 2.53 bits per heavy atom. The molecule has 2 heterocycles. The first kappa shape index (κ1) is 12.8. The van der Waals surface area contributed by atoms with Crippen molar-refractivity contribution >= 4 is 5.97 Å². The molecule has 5 nitrogen and oxygen atoms in total. The predicted molar refractivity (Wildman–Crippen MR) is 61.6 cm³/mol. The van der Waals surface area contributed by atoms with Crippen molar-refractivity contribution in [2.75, 3.05) is 39.5 Å². The standard InChI is InChI=1S/C12H21NO4/c1-2-15-11(14)3-6-13-7-4-12(5-8-13)16-9-10-17-12/h2-10H2,1H3. The number of hydrogen-bond acceptors (Lipinski definition) is 5. The number of hydrogen-bond donors (Lipinski definition) is 0. The molecule has 0 bridgehead atoms. The molecule has 1 spiro atoms. The van der Waals surface area contributed by atoms with E-state index in [0.717, 1.165) is 32.5 Å². The Morgan fingerprint density at radius 2 is 1.94 bits per heavy atom. The molecule has 0 amide bonds. The predicted octanol–water partition coefficient (Wildman–Crippen LogP) is 0.778. The molecule has 2 rings (SSSR count). The summed E-state index contributed by atoms with van der Waals surface area (Å²) in [6.45, 7) is 6.35. The van der Waals surface area contributed by atoms with E-state index in [2.05, 4.69) is 4.90 Å². The first-order valence-electron chi connectivity index (χ1n) is 6.40. The lowest BCUT2D eigenvalue weighted by Crippen LogP contribution is -2.45. The topological polar surface area (TPSA) is 48.0 Å². The molecule has 98 valence electrons. The van der Waals surface area contributed by atoms with Gasteiger partial charge in [0.2, 0.25) is 0 Å². The van der Waals surface area contributed by atoms with E-state index in [1.165, 1.54) is 0 Å². The summed E-state index contributed by atoms with van der Waals surface area (Å²) in [6, 6.07) is 0. The van der Waals surface area contributed by atoms with Gasteiger partial charge >= 0.3 is 5.97 Å². The molecular formula is C12H21NO4. The average molecular weight is 243 g/mol. The zero-order chi connectivity index (χ0) is 12.1. The zero-order valence-corrected chi connectivity index (χ0v) is 10.4. The van der Waals surface area contributed by atoms with Gasteiger partial charge in [-0.2, -0.15) is 0 Å². The van der Waals surface area contributed by atoms with Crippen LogP contribution in [-0.4, -0.2) is 56.1 Å². The van der Waals surface area contributed by atoms with E-state index in [9.17, 15) is 4.79 Å². The summed E-state index contributed by atoms with van der Waals surface area (Å²) in [6.07, 6.45) is 2.27. The largest absolute Gasteiger partial charge is 0.466 e. The number of carbonyl (C=O) groups excluding carboxylic acids is 1. The molecule has 2 fully saturated rings. The average Bonchev–Trinajstić information content (AvgIpc) is 2.78. The lowest BCUT2D eigenvalue weighted by molar-refractivity contribution is -0.185. The van der Waals surface area contributed by atoms with E-state index in [1.807, 2.05) is 6.92 Å².